The SMILES string of the molecule is C=CS(=O)(=O)Nc1cc(CS(=O)(=O)C=Cc2c(OC)cc(OC)cc2OC)cnc1OC. The molecule has 174 valence electrons. The number of anilines is 1. The Labute approximate surface area is 187 Å². The summed E-state index contributed by atoms with van der Waals surface area (Å²) in [6.07, 6.45) is 2.63. The quantitative estimate of drug-likeness (QED) is 0.511. The van der Waals surface area contributed by atoms with E-state index in [0.717, 1.165) is 5.41 Å². The zero-order valence-corrected chi connectivity index (χ0v) is 19.6. The summed E-state index contributed by atoms with van der Waals surface area (Å²) in [5.41, 5.74) is 0.639. The molecule has 0 spiro atoms. The first-order valence-corrected chi connectivity index (χ1v) is 12.2. The van der Waals surface area contributed by atoms with Crippen LogP contribution in [0.15, 0.2) is 41.8 Å². The summed E-state index contributed by atoms with van der Waals surface area (Å²) < 4.78 is 72.0. The van der Waals surface area contributed by atoms with E-state index in [1.807, 2.05) is 0 Å². The Bertz CT molecular complexity index is 1200. The second-order valence-electron chi connectivity index (χ2n) is 6.27. The molecule has 0 aliphatic carbocycles. The average molecular weight is 485 g/mol. The molecule has 0 radical (unpaired) electrons. The highest BCUT2D eigenvalue weighted by atomic mass is 32.2. The van der Waals surface area contributed by atoms with Gasteiger partial charge in [-0.05, 0) is 17.7 Å². The maximum Gasteiger partial charge on any atom is 0.254 e. The van der Waals surface area contributed by atoms with E-state index in [4.69, 9.17) is 18.9 Å². The molecule has 1 aromatic carbocycles. The van der Waals surface area contributed by atoms with Crippen LogP contribution in [0.4, 0.5) is 5.69 Å². The Morgan fingerprint density at radius 1 is 0.969 bits per heavy atom. The fraction of sp³-hybridized carbons (Fsp3) is 0.250. The molecule has 1 N–H and O–H groups in total. The summed E-state index contributed by atoms with van der Waals surface area (Å²) in [6, 6.07) is 4.52. The topological polar surface area (TPSA) is 130 Å². The number of hydrogen-bond acceptors (Lipinski definition) is 9. The van der Waals surface area contributed by atoms with Crippen LogP contribution >= 0.6 is 0 Å². The number of ether oxygens (including phenoxy) is 4. The Hall–Kier alpha value is -3.25. The van der Waals surface area contributed by atoms with Crippen LogP contribution in [-0.2, 0) is 25.6 Å². The number of methoxy groups -OCH3 is 4. The van der Waals surface area contributed by atoms with E-state index in [1.165, 1.54) is 46.8 Å². The molecule has 1 aromatic heterocycles. The molecule has 0 amide bonds. The van der Waals surface area contributed by atoms with Crippen molar-refractivity contribution in [1.29, 1.82) is 0 Å². The molecule has 1 heterocycles. The first-order chi connectivity index (χ1) is 15.1. The van der Waals surface area contributed by atoms with E-state index >= 15 is 0 Å². The molecule has 12 heteroatoms. The summed E-state index contributed by atoms with van der Waals surface area (Å²) in [5.74, 6) is 0.751. The Kier molecular flexibility index (Phi) is 8.11. The minimum absolute atomic E-state index is 0.0115. The van der Waals surface area contributed by atoms with E-state index in [0.29, 0.717) is 28.2 Å². The number of pyridine rings is 1. The molecule has 2 rings (SSSR count). The zero-order valence-electron chi connectivity index (χ0n) is 18.0. The molecule has 32 heavy (non-hydrogen) atoms. The van der Waals surface area contributed by atoms with Crippen molar-refractivity contribution < 1.29 is 35.8 Å². The third-order valence-corrected chi connectivity index (χ3v) is 6.37. The number of hydrogen-bond donors (Lipinski definition) is 1. The molecule has 0 saturated carbocycles. The molecule has 2 aromatic rings. The Balaban J connectivity index is 2.37. The van der Waals surface area contributed by atoms with E-state index in [9.17, 15) is 16.8 Å². The monoisotopic (exact) mass is 484 g/mol. The predicted molar refractivity (Wildman–Crippen MR) is 121 cm³/mol. The normalized spacial score (nSPS) is 11.8. The molecule has 0 fully saturated rings. The van der Waals surface area contributed by atoms with Crippen LogP contribution in [0.2, 0.25) is 0 Å². The summed E-state index contributed by atoms with van der Waals surface area (Å²) in [6.45, 7) is 3.21. The zero-order chi connectivity index (χ0) is 23.9. The number of sulfonamides is 1. The van der Waals surface area contributed by atoms with Gasteiger partial charge in [0.25, 0.3) is 10.0 Å². The maximum atomic E-state index is 12.7. The number of sulfone groups is 1. The van der Waals surface area contributed by atoms with Crippen LogP contribution in [0.5, 0.6) is 23.1 Å². The van der Waals surface area contributed by atoms with Gasteiger partial charge in [-0.15, -0.1) is 0 Å². The van der Waals surface area contributed by atoms with Crippen LogP contribution < -0.4 is 23.7 Å². The van der Waals surface area contributed by atoms with Crippen molar-refractivity contribution in [3.8, 4) is 23.1 Å². The van der Waals surface area contributed by atoms with Crippen molar-refractivity contribution in [1.82, 2.24) is 4.98 Å². The van der Waals surface area contributed by atoms with E-state index in [-0.39, 0.29) is 17.1 Å². The second kappa shape index (κ2) is 10.4. The van der Waals surface area contributed by atoms with E-state index < -0.39 is 25.6 Å². The van der Waals surface area contributed by atoms with Gasteiger partial charge in [-0.25, -0.2) is 21.8 Å². The Morgan fingerprint density at radius 3 is 2.09 bits per heavy atom. The largest absolute Gasteiger partial charge is 0.496 e. The third-order valence-electron chi connectivity index (χ3n) is 4.14. The number of benzene rings is 1. The minimum Gasteiger partial charge on any atom is -0.496 e. The number of aromatic nitrogens is 1. The van der Waals surface area contributed by atoms with Crippen molar-refractivity contribution in [2.24, 2.45) is 0 Å². The second-order valence-corrected chi connectivity index (χ2v) is 9.78. The highest BCUT2D eigenvalue weighted by Crippen LogP contribution is 2.35. The van der Waals surface area contributed by atoms with E-state index in [1.54, 1.807) is 12.1 Å². The van der Waals surface area contributed by atoms with Gasteiger partial charge >= 0.3 is 0 Å². The first kappa shape index (κ1) is 25.0. The van der Waals surface area contributed by atoms with Crippen molar-refractivity contribution in [3.05, 3.63) is 52.9 Å². The van der Waals surface area contributed by atoms with Gasteiger partial charge in [0.2, 0.25) is 5.88 Å². The molecule has 0 aliphatic rings. The smallest absolute Gasteiger partial charge is 0.254 e. The lowest BCUT2D eigenvalue weighted by Gasteiger charge is -2.12. The molecule has 0 saturated heterocycles. The van der Waals surface area contributed by atoms with Crippen molar-refractivity contribution in [3.63, 3.8) is 0 Å². The molecule has 10 nitrogen and oxygen atoms in total. The molecule has 0 aliphatic heterocycles. The van der Waals surface area contributed by atoms with Crippen LogP contribution in [0.25, 0.3) is 6.08 Å². The highest BCUT2D eigenvalue weighted by Gasteiger charge is 2.16. The van der Waals surface area contributed by atoms with Gasteiger partial charge in [0, 0.05) is 29.1 Å². The van der Waals surface area contributed by atoms with Gasteiger partial charge in [-0.1, -0.05) is 6.58 Å². The van der Waals surface area contributed by atoms with Gasteiger partial charge in [0.1, 0.15) is 22.9 Å². The summed E-state index contributed by atoms with van der Waals surface area (Å²) >= 11 is 0. The summed E-state index contributed by atoms with van der Waals surface area (Å²) in [5, 5.41) is 1.73. The van der Waals surface area contributed by atoms with Crippen molar-refractivity contribution >= 4 is 31.6 Å². The van der Waals surface area contributed by atoms with Crippen LogP contribution in [0.3, 0.4) is 0 Å². The first-order valence-electron chi connectivity index (χ1n) is 8.97. The lowest BCUT2D eigenvalue weighted by Crippen LogP contribution is -2.11. The average Bonchev–Trinajstić information content (AvgIpc) is 2.76. The third kappa shape index (κ3) is 6.37. The molecular formula is C20H24N2O8S2. The van der Waals surface area contributed by atoms with Crippen LogP contribution in [-0.4, -0.2) is 50.3 Å². The van der Waals surface area contributed by atoms with Crippen LogP contribution in [0.1, 0.15) is 11.1 Å². The van der Waals surface area contributed by atoms with Gasteiger partial charge in [0.05, 0.1) is 39.8 Å². The van der Waals surface area contributed by atoms with Crippen molar-refractivity contribution in [2.75, 3.05) is 33.2 Å². The number of nitrogens with one attached hydrogen (secondary N) is 1. The lowest BCUT2D eigenvalue weighted by molar-refractivity contribution is 0.374. The summed E-state index contributed by atoms with van der Waals surface area (Å²) in [4.78, 5) is 3.97. The highest BCUT2D eigenvalue weighted by molar-refractivity contribution is 7.95. The molecule has 0 unspecified atom stereocenters. The van der Waals surface area contributed by atoms with Gasteiger partial charge in [-0.3, -0.25) is 4.72 Å². The van der Waals surface area contributed by atoms with E-state index in [2.05, 4.69) is 16.3 Å². The predicted octanol–water partition coefficient (Wildman–Crippen LogP) is 2.59. The van der Waals surface area contributed by atoms with Gasteiger partial charge < -0.3 is 18.9 Å². The molecular weight excluding hydrogens is 460 g/mol. The molecule has 0 atom stereocenters. The lowest BCUT2D eigenvalue weighted by atomic mass is 10.1. The standard InChI is InChI=1S/C20H24N2O8S2/c1-6-32(25,26)22-17-9-14(12-21-20(17)30-5)13-31(23,24)8-7-16-18(28-3)10-15(27-2)11-19(16)29-4/h6-12,22H,1,13H2,2-5H3. The molecule has 0 bridgehead atoms. The van der Waals surface area contributed by atoms with Crippen LogP contribution in [0, 0.1) is 0 Å². The number of rotatable bonds is 11. The van der Waals surface area contributed by atoms with Gasteiger partial charge in [0.15, 0.2) is 9.84 Å². The minimum atomic E-state index is -3.84. The number of nitrogens with zero attached hydrogens (tertiary/aromatic N) is 1. The fourth-order valence-electron chi connectivity index (χ4n) is 2.65. The van der Waals surface area contributed by atoms with Crippen molar-refractivity contribution in [2.45, 2.75) is 5.75 Å². The Morgan fingerprint density at radius 2 is 1.59 bits per heavy atom. The van der Waals surface area contributed by atoms with Gasteiger partial charge in [-0.2, -0.15) is 0 Å². The summed E-state index contributed by atoms with van der Waals surface area (Å²) in [7, 11) is -1.95. The fourth-order valence-corrected chi connectivity index (χ4v) is 4.25. The maximum absolute atomic E-state index is 12.7.